The van der Waals surface area contributed by atoms with Gasteiger partial charge in [0.2, 0.25) is 0 Å². The van der Waals surface area contributed by atoms with E-state index in [1.54, 1.807) is 19.2 Å². The molecule has 1 aliphatic heterocycles. The molecule has 2 rings (SSSR count). The summed E-state index contributed by atoms with van der Waals surface area (Å²) in [7, 11) is 1.58. The van der Waals surface area contributed by atoms with Crippen LogP contribution in [-0.4, -0.2) is 42.8 Å². The lowest BCUT2D eigenvalue weighted by Crippen LogP contribution is -2.38. The molecular formula is C16H25ClN2O2. The van der Waals surface area contributed by atoms with E-state index >= 15 is 0 Å². The van der Waals surface area contributed by atoms with Gasteiger partial charge in [0.25, 0.3) is 0 Å². The van der Waals surface area contributed by atoms with E-state index in [1.165, 1.54) is 19.4 Å². The van der Waals surface area contributed by atoms with Gasteiger partial charge in [-0.05, 0) is 45.0 Å². The highest BCUT2D eigenvalue weighted by molar-refractivity contribution is 6.32. The number of methoxy groups -OCH3 is 1. The molecule has 1 heterocycles. The van der Waals surface area contributed by atoms with Crippen molar-refractivity contribution in [2.75, 3.05) is 26.7 Å². The number of likely N-dealkylation sites (tertiary alicyclic amines) is 1. The third-order valence-corrected chi connectivity index (χ3v) is 4.62. The summed E-state index contributed by atoms with van der Waals surface area (Å²) in [6.07, 6.45) is 2.49. The van der Waals surface area contributed by atoms with E-state index in [2.05, 4.69) is 17.1 Å². The number of phenolic OH excluding ortho intramolecular Hbond substituents is 1. The Morgan fingerprint density at radius 2 is 2.29 bits per heavy atom. The quantitative estimate of drug-likeness (QED) is 0.847. The van der Waals surface area contributed by atoms with Crippen LogP contribution < -0.4 is 10.1 Å². The van der Waals surface area contributed by atoms with Crippen LogP contribution in [0.4, 0.5) is 0 Å². The molecule has 1 fully saturated rings. The molecule has 0 saturated carbocycles. The molecule has 1 aliphatic rings. The Kier molecular flexibility index (Phi) is 5.73. The van der Waals surface area contributed by atoms with Crippen LogP contribution in [-0.2, 0) is 0 Å². The Balaban J connectivity index is 2.07. The second-order valence-electron chi connectivity index (χ2n) is 5.57. The number of aromatic hydroxyl groups is 1. The molecule has 2 atom stereocenters. The van der Waals surface area contributed by atoms with Crippen molar-refractivity contribution in [3.63, 3.8) is 0 Å². The average molecular weight is 313 g/mol. The fourth-order valence-corrected chi connectivity index (χ4v) is 3.39. The second kappa shape index (κ2) is 7.34. The predicted molar refractivity (Wildman–Crippen MR) is 86.4 cm³/mol. The zero-order valence-electron chi connectivity index (χ0n) is 13.0. The molecule has 2 unspecified atom stereocenters. The molecule has 5 heteroatoms. The smallest absolute Gasteiger partial charge is 0.145 e. The first-order valence-electron chi connectivity index (χ1n) is 7.61. The van der Waals surface area contributed by atoms with Crippen molar-refractivity contribution in [2.45, 2.75) is 38.8 Å². The second-order valence-corrected chi connectivity index (χ2v) is 5.98. The normalized spacial score (nSPS) is 20.7. The molecular weight excluding hydrogens is 288 g/mol. The number of hydrogen-bond donors (Lipinski definition) is 2. The molecule has 0 aromatic heterocycles. The first-order valence-corrected chi connectivity index (χ1v) is 7.99. The number of halogens is 1. The van der Waals surface area contributed by atoms with E-state index in [0.717, 1.165) is 18.7 Å². The molecule has 21 heavy (non-hydrogen) atoms. The minimum Gasteiger partial charge on any atom is -0.507 e. The van der Waals surface area contributed by atoms with Crippen LogP contribution >= 0.6 is 11.6 Å². The summed E-state index contributed by atoms with van der Waals surface area (Å²) < 4.78 is 5.35. The number of nitrogens with zero attached hydrogens (tertiary/aromatic N) is 1. The zero-order valence-corrected chi connectivity index (χ0v) is 13.8. The maximum atomic E-state index is 10.1. The molecule has 4 nitrogen and oxygen atoms in total. The minimum absolute atomic E-state index is 0.0158. The fraction of sp³-hybridized carbons (Fsp3) is 0.625. The van der Waals surface area contributed by atoms with Crippen LogP contribution in [0.15, 0.2) is 12.1 Å². The molecule has 2 N–H and O–H groups in total. The SMILES string of the molecule is CCN1CCCC1CNC(C)c1c(O)ccc(Cl)c1OC. The third-order valence-electron chi connectivity index (χ3n) is 4.33. The van der Waals surface area contributed by atoms with Gasteiger partial charge in [0, 0.05) is 18.6 Å². The molecule has 1 aromatic rings. The number of phenols is 1. The lowest BCUT2D eigenvalue weighted by molar-refractivity contribution is 0.254. The monoisotopic (exact) mass is 312 g/mol. The third kappa shape index (κ3) is 3.62. The topological polar surface area (TPSA) is 44.7 Å². The Labute approximate surface area is 132 Å². The van der Waals surface area contributed by atoms with Gasteiger partial charge in [-0.15, -0.1) is 0 Å². The summed E-state index contributed by atoms with van der Waals surface area (Å²) in [6, 6.07) is 3.83. The molecule has 0 bridgehead atoms. The van der Waals surface area contributed by atoms with Gasteiger partial charge in [-0.1, -0.05) is 18.5 Å². The summed E-state index contributed by atoms with van der Waals surface area (Å²) in [4.78, 5) is 2.49. The lowest BCUT2D eigenvalue weighted by atomic mass is 10.0. The van der Waals surface area contributed by atoms with E-state index in [9.17, 15) is 5.11 Å². The Morgan fingerprint density at radius 3 is 2.95 bits per heavy atom. The van der Waals surface area contributed by atoms with Crippen LogP contribution in [0.2, 0.25) is 5.02 Å². The Hall–Kier alpha value is -0.970. The van der Waals surface area contributed by atoms with Crippen molar-refractivity contribution >= 4 is 11.6 Å². The van der Waals surface area contributed by atoms with E-state index in [1.807, 2.05) is 6.92 Å². The Bertz CT molecular complexity index is 482. The van der Waals surface area contributed by atoms with Gasteiger partial charge in [-0.2, -0.15) is 0 Å². The highest BCUT2D eigenvalue weighted by Crippen LogP contribution is 2.38. The van der Waals surface area contributed by atoms with Crippen LogP contribution in [0.5, 0.6) is 11.5 Å². The summed E-state index contributed by atoms with van der Waals surface area (Å²) in [5.41, 5.74) is 0.728. The number of hydrogen-bond acceptors (Lipinski definition) is 4. The molecule has 0 amide bonds. The van der Waals surface area contributed by atoms with Gasteiger partial charge in [0.15, 0.2) is 0 Å². The zero-order chi connectivity index (χ0) is 15.4. The van der Waals surface area contributed by atoms with Gasteiger partial charge in [-0.25, -0.2) is 0 Å². The van der Waals surface area contributed by atoms with E-state index in [-0.39, 0.29) is 11.8 Å². The van der Waals surface area contributed by atoms with Gasteiger partial charge in [0.1, 0.15) is 11.5 Å². The lowest BCUT2D eigenvalue weighted by Gasteiger charge is -2.26. The number of benzene rings is 1. The van der Waals surface area contributed by atoms with Crippen molar-refractivity contribution in [1.82, 2.24) is 10.2 Å². The van der Waals surface area contributed by atoms with Gasteiger partial charge in [-0.3, -0.25) is 4.90 Å². The van der Waals surface area contributed by atoms with Gasteiger partial charge >= 0.3 is 0 Å². The fourth-order valence-electron chi connectivity index (χ4n) is 3.15. The maximum absolute atomic E-state index is 10.1. The summed E-state index contributed by atoms with van der Waals surface area (Å²) in [6.45, 7) is 7.41. The van der Waals surface area contributed by atoms with Crippen LogP contribution in [0, 0.1) is 0 Å². The molecule has 1 saturated heterocycles. The molecule has 0 spiro atoms. The maximum Gasteiger partial charge on any atom is 0.145 e. The first-order chi connectivity index (χ1) is 10.1. The van der Waals surface area contributed by atoms with Crippen LogP contribution in [0.25, 0.3) is 0 Å². The summed E-state index contributed by atoms with van der Waals surface area (Å²) in [5.74, 6) is 0.769. The molecule has 118 valence electrons. The number of ether oxygens (including phenoxy) is 1. The Morgan fingerprint density at radius 1 is 1.52 bits per heavy atom. The molecule has 0 radical (unpaired) electrons. The van der Waals surface area contributed by atoms with Crippen molar-refractivity contribution in [3.05, 3.63) is 22.7 Å². The predicted octanol–water partition coefficient (Wildman–Crippen LogP) is 3.19. The number of rotatable bonds is 6. The highest BCUT2D eigenvalue weighted by atomic mass is 35.5. The first kappa shape index (κ1) is 16.4. The van der Waals surface area contributed by atoms with Crippen molar-refractivity contribution in [3.8, 4) is 11.5 Å². The standard InChI is InChI=1S/C16H25ClN2O2/c1-4-19-9-5-6-12(19)10-18-11(2)15-14(20)8-7-13(17)16(15)21-3/h7-8,11-12,18,20H,4-6,9-10H2,1-3H3. The van der Waals surface area contributed by atoms with Crippen LogP contribution in [0.1, 0.15) is 38.3 Å². The van der Waals surface area contributed by atoms with E-state index < -0.39 is 0 Å². The van der Waals surface area contributed by atoms with E-state index in [4.69, 9.17) is 16.3 Å². The van der Waals surface area contributed by atoms with E-state index in [0.29, 0.717) is 16.8 Å². The largest absolute Gasteiger partial charge is 0.507 e. The van der Waals surface area contributed by atoms with Crippen LogP contribution in [0.3, 0.4) is 0 Å². The van der Waals surface area contributed by atoms with Crippen molar-refractivity contribution in [1.29, 1.82) is 0 Å². The van der Waals surface area contributed by atoms with Crippen molar-refractivity contribution in [2.24, 2.45) is 0 Å². The number of likely N-dealkylation sites (N-methyl/N-ethyl adjacent to an activating group) is 1. The van der Waals surface area contributed by atoms with Gasteiger partial charge in [0.05, 0.1) is 17.7 Å². The molecule has 0 aliphatic carbocycles. The minimum atomic E-state index is -0.0158. The van der Waals surface area contributed by atoms with Crippen molar-refractivity contribution < 1.29 is 9.84 Å². The average Bonchev–Trinajstić information content (AvgIpc) is 2.94. The summed E-state index contributed by atoms with van der Waals surface area (Å²) >= 11 is 6.15. The molecule has 1 aromatic carbocycles. The summed E-state index contributed by atoms with van der Waals surface area (Å²) in [5, 5.41) is 14.1. The highest BCUT2D eigenvalue weighted by Gasteiger charge is 2.25. The number of nitrogens with one attached hydrogen (secondary N) is 1. The van der Waals surface area contributed by atoms with Gasteiger partial charge < -0.3 is 15.2 Å².